The first-order valence-electron chi connectivity index (χ1n) is 8.73. The molecule has 0 aromatic heterocycles. The van der Waals surface area contributed by atoms with Gasteiger partial charge in [-0.15, -0.1) is 0 Å². The molecule has 1 unspecified atom stereocenters. The van der Waals surface area contributed by atoms with E-state index < -0.39 is 5.60 Å². The summed E-state index contributed by atoms with van der Waals surface area (Å²) in [4.78, 5) is 23.4. The van der Waals surface area contributed by atoms with E-state index in [-0.39, 0.29) is 18.1 Å². The van der Waals surface area contributed by atoms with Gasteiger partial charge in [-0.2, -0.15) is 0 Å². The fourth-order valence-electron chi connectivity index (χ4n) is 2.83. The van der Waals surface area contributed by atoms with Gasteiger partial charge in [-0.3, -0.25) is 0 Å². The zero-order valence-corrected chi connectivity index (χ0v) is 15.4. The van der Waals surface area contributed by atoms with Crippen LogP contribution < -0.4 is 5.32 Å². The van der Waals surface area contributed by atoms with Gasteiger partial charge in [-0.25, -0.2) is 9.59 Å². The molecule has 1 aromatic carbocycles. The summed E-state index contributed by atoms with van der Waals surface area (Å²) in [6.07, 6.45) is 5.38. The smallest absolute Gasteiger partial charge is 0.407 e. The van der Waals surface area contributed by atoms with Crippen LogP contribution in [0.3, 0.4) is 0 Å². The minimum atomic E-state index is -0.498. The number of carbonyl (C=O) groups excluding carboxylic acids is 2. The first-order chi connectivity index (χ1) is 11.8. The van der Waals surface area contributed by atoms with Crippen LogP contribution in [-0.2, 0) is 27.1 Å². The molecule has 1 amide bonds. The largest absolute Gasteiger partial charge is 0.463 e. The Balaban J connectivity index is 2.00. The van der Waals surface area contributed by atoms with E-state index in [0.717, 1.165) is 24.8 Å². The second-order valence-electron chi connectivity index (χ2n) is 7.20. The standard InChI is InChI=1S/C20H27NO4/c1-5-24-18(22)11-7-14-6-8-15-9-10-17(13-16(15)12-14)21-19(23)25-20(2,3)4/h6-8,11-12,17H,5,9-10,13H2,1-4H3,(H,21,23). The summed E-state index contributed by atoms with van der Waals surface area (Å²) in [6.45, 7) is 7.70. The molecule has 0 bridgehead atoms. The van der Waals surface area contributed by atoms with Crippen LogP contribution in [-0.4, -0.2) is 30.3 Å². The van der Waals surface area contributed by atoms with E-state index in [2.05, 4.69) is 17.4 Å². The van der Waals surface area contributed by atoms with Crippen molar-refractivity contribution in [3.63, 3.8) is 0 Å². The van der Waals surface area contributed by atoms with Crippen molar-refractivity contribution in [2.75, 3.05) is 6.61 Å². The lowest BCUT2D eigenvalue weighted by Crippen LogP contribution is -2.41. The Kier molecular flexibility index (Phi) is 6.23. The van der Waals surface area contributed by atoms with E-state index in [0.29, 0.717) is 6.61 Å². The lowest BCUT2D eigenvalue weighted by atomic mass is 9.87. The fraction of sp³-hybridized carbons (Fsp3) is 0.500. The van der Waals surface area contributed by atoms with Gasteiger partial charge in [0.15, 0.2) is 0 Å². The highest BCUT2D eigenvalue weighted by molar-refractivity contribution is 5.87. The average molecular weight is 345 g/mol. The van der Waals surface area contributed by atoms with E-state index in [4.69, 9.17) is 9.47 Å². The molecule has 0 saturated heterocycles. The fourth-order valence-corrected chi connectivity index (χ4v) is 2.83. The molecule has 0 radical (unpaired) electrons. The number of benzene rings is 1. The molecule has 5 heteroatoms. The number of rotatable bonds is 4. The van der Waals surface area contributed by atoms with Crippen molar-refractivity contribution in [2.45, 2.75) is 58.6 Å². The Bertz CT molecular complexity index is 658. The third-order valence-corrected chi connectivity index (χ3v) is 3.88. The maximum Gasteiger partial charge on any atom is 0.407 e. The predicted octanol–water partition coefficient (Wildman–Crippen LogP) is 3.64. The number of alkyl carbamates (subject to hydrolysis) is 1. The summed E-state index contributed by atoms with van der Waals surface area (Å²) in [6, 6.07) is 6.21. The van der Waals surface area contributed by atoms with Crippen LogP contribution in [0.2, 0.25) is 0 Å². The molecular weight excluding hydrogens is 318 g/mol. The Morgan fingerprint density at radius 2 is 2.04 bits per heavy atom. The molecule has 1 aliphatic rings. The molecule has 0 saturated carbocycles. The molecule has 0 fully saturated rings. The Morgan fingerprint density at radius 1 is 1.28 bits per heavy atom. The van der Waals surface area contributed by atoms with E-state index in [1.54, 1.807) is 13.0 Å². The molecule has 1 aromatic rings. The van der Waals surface area contributed by atoms with Crippen LogP contribution in [0.15, 0.2) is 24.3 Å². The second-order valence-corrected chi connectivity index (χ2v) is 7.20. The predicted molar refractivity (Wildman–Crippen MR) is 97.3 cm³/mol. The van der Waals surface area contributed by atoms with E-state index in [1.165, 1.54) is 17.2 Å². The quantitative estimate of drug-likeness (QED) is 0.668. The highest BCUT2D eigenvalue weighted by Crippen LogP contribution is 2.23. The van der Waals surface area contributed by atoms with Crippen LogP contribution in [0.1, 0.15) is 50.8 Å². The molecular formula is C20H27NO4. The SMILES string of the molecule is CCOC(=O)C=Cc1ccc2c(c1)CC(NC(=O)OC(C)(C)C)CC2. The molecule has 1 N–H and O–H groups in total. The van der Waals surface area contributed by atoms with Crippen molar-refractivity contribution < 1.29 is 19.1 Å². The maximum atomic E-state index is 11.9. The van der Waals surface area contributed by atoms with Crippen LogP contribution >= 0.6 is 0 Å². The summed E-state index contributed by atoms with van der Waals surface area (Å²) >= 11 is 0. The number of hydrogen-bond donors (Lipinski definition) is 1. The van der Waals surface area contributed by atoms with Gasteiger partial charge >= 0.3 is 12.1 Å². The van der Waals surface area contributed by atoms with Gasteiger partial charge in [0.05, 0.1) is 6.61 Å². The lowest BCUT2D eigenvalue weighted by molar-refractivity contribution is -0.137. The monoisotopic (exact) mass is 345 g/mol. The van der Waals surface area contributed by atoms with Gasteiger partial charge in [-0.05, 0) is 69.7 Å². The van der Waals surface area contributed by atoms with Gasteiger partial charge in [0, 0.05) is 12.1 Å². The molecule has 0 heterocycles. The van der Waals surface area contributed by atoms with Crippen LogP contribution in [0.4, 0.5) is 4.79 Å². The van der Waals surface area contributed by atoms with Crippen molar-refractivity contribution in [2.24, 2.45) is 0 Å². The van der Waals surface area contributed by atoms with Crippen LogP contribution in [0.5, 0.6) is 0 Å². The minimum Gasteiger partial charge on any atom is -0.463 e. The number of carbonyl (C=O) groups is 2. The number of esters is 1. The second kappa shape index (κ2) is 8.19. The molecule has 136 valence electrons. The van der Waals surface area contributed by atoms with Crippen molar-refractivity contribution in [1.29, 1.82) is 0 Å². The first kappa shape index (κ1) is 19.0. The van der Waals surface area contributed by atoms with Crippen molar-refractivity contribution in [3.05, 3.63) is 41.0 Å². The van der Waals surface area contributed by atoms with Gasteiger partial charge in [0.1, 0.15) is 5.60 Å². The molecule has 2 rings (SSSR count). The number of hydrogen-bond acceptors (Lipinski definition) is 4. The zero-order chi connectivity index (χ0) is 18.4. The first-order valence-corrected chi connectivity index (χ1v) is 8.73. The summed E-state index contributed by atoms with van der Waals surface area (Å²) in [5.74, 6) is -0.343. The molecule has 1 atom stereocenters. The summed E-state index contributed by atoms with van der Waals surface area (Å²) in [5.41, 5.74) is 2.93. The highest BCUT2D eigenvalue weighted by atomic mass is 16.6. The number of ether oxygens (including phenoxy) is 2. The molecule has 1 aliphatic carbocycles. The number of fused-ring (bicyclic) bond motifs is 1. The van der Waals surface area contributed by atoms with Crippen molar-refractivity contribution in [3.8, 4) is 0 Å². The van der Waals surface area contributed by atoms with Crippen molar-refractivity contribution in [1.82, 2.24) is 5.32 Å². The van der Waals surface area contributed by atoms with Gasteiger partial charge in [-0.1, -0.05) is 18.2 Å². The number of nitrogens with one attached hydrogen (secondary N) is 1. The van der Waals surface area contributed by atoms with Crippen molar-refractivity contribution >= 4 is 18.1 Å². The van der Waals surface area contributed by atoms with Gasteiger partial charge in [0.2, 0.25) is 0 Å². The summed E-state index contributed by atoms with van der Waals surface area (Å²) in [7, 11) is 0. The number of aryl methyl sites for hydroxylation is 1. The van der Waals surface area contributed by atoms with Gasteiger partial charge in [0.25, 0.3) is 0 Å². The average Bonchev–Trinajstić information content (AvgIpc) is 2.51. The Morgan fingerprint density at radius 3 is 2.72 bits per heavy atom. The third kappa shape index (κ3) is 6.25. The highest BCUT2D eigenvalue weighted by Gasteiger charge is 2.23. The third-order valence-electron chi connectivity index (χ3n) is 3.88. The zero-order valence-electron chi connectivity index (χ0n) is 15.4. The van der Waals surface area contributed by atoms with Gasteiger partial charge < -0.3 is 14.8 Å². The molecule has 5 nitrogen and oxygen atoms in total. The maximum absolute atomic E-state index is 11.9. The van der Waals surface area contributed by atoms with E-state index in [9.17, 15) is 9.59 Å². The summed E-state index contributed by atoms with van der Waals surface area (Å²) < 4.78 is 10.2. The van der Waals surface area contributed by atoms with E-state index >= 15 is 0 Å². The topological polar surface area (TPSA) is 64.6 Å². The minimum absolute atomic E-state index is 0.0617. The Labute approximate surface area is 149 Å². The van der Waals surface area contributed by atoms with Crippen LogP contribution in [0, 0.1) is 0 Å². The summed E-state index contributed by atoms with van der Waals surface area (Å²) in [5, 5.41) is 2.95. The van der Waals surface area contributed by atoms with E-state index in [1.807, 2.05) is 26.8 Å². The lowest BCUT2D eigenvalue weighted by Gasteiger charge is -2.27. The van der Waals surface area contributed by atoms with Crippen LogP contribution in [0.25, 0.3) is 6.08 Å². The number of amides is 1. The molecule has 25 heavy (non-hydrogen) atoms. The Hall–Kier alpha value is -2.30. The normalized spacial score (nSPS) is 17.0. The molecule has 0 spiro atoms. The molecule has 0 aliphatic heterocycles.